The topological polar surface area (TPSA) is 110 Å². The molecule has 1 heterocycles. The Labute approximate surface area is 193 Å². The van der Waals surface area contributed by atoms with Crippen molar-refractivity contribution in [2.75, 3.05) is 12.8 Å². The summed E-state index contributed by atoms with van der Waals surface area (Å²) in [5.41, 5.74) is 0. The van der Waals surface area contributed by atoms with Crippen molar-refractivity contribution in [1.29, 1.82) is 0 Å². The molecule has 0 aliphatic carbocycles. The molecule has 0 aromatic carbocycles. The van der Waals surface area contributed by atoms with Crippen LogP contribution >= 0.6 is 8.03 Å². The summed E-state index contributed by atoms with van der Waals surface area (Å²) in [6.45, 7) is 1.51. The van der Waals surface area contributed by atoms with Gasteiger partial charge in [-0.1, -0.05) is 63.3 Å². The van der Waals surface area contributed by atoms with Crippen LogP contribution < -0.4 is 0 Å². The van der Waals surface area contributed by atoms with Crippen molar-refractivity contribution in [2.45, 2.75) is 102 Å². The highest BCUT2D eigenvalue weighted by Crippen LogP contribution is 2.31. The number of aliphatic hydroxyl groups is 2. The first-order valence-electron chi connectivity index (χ1n) is 12.0. The standard InChI is InChI=1S/C24H40O7P/c1-2-3-4-5-6-7-8-9-10-11-12-13-14-15-16-17-18-32(29)31-23-21(27)22(20(26)19-25)30-24(23)28/h6-7,9-10,20,22-23,25-26H,2-5,8,11-19H2,1H3/q+1/t20-,22+,23?/m0/s1. The molecule has 0 bridgehead atoms. The molecule has 32 heavy (non-hydrogen) atoms. The zero-order valence-corrected chi connectivity index (χ0v) is 20.2. The van der Waals surface area contributed by atoms with E-state index in [9.17, 15) is 19.3 Å². The van der Waals surface area contributed by atoms with Crippen LogP contribution in [-0.4, -0.2) is 53.0 Å². The summed E-state index contributed by atoms with van der Waals surface area (Å²) < 4.78 is 21.8. The van der Waals surface area contributed by atoms with Crippen molar-refractivity contribution in [3.8, 4) is 0 Å². The molecule has 2 N–H and O–H groups in total. The quantitative estimate of drug-likeness (QED) is 0.0917. The number of ether oxygens (including phenoxy) is 1. The Morgan fingerprint density at radius 3 is 2.19 bits per heavy atom. The minimum Gasteiger partial charge on any atom is -0.449 e. The smallest absolute Gasteiger partial charge is 0.449 e. The minimum absolute atomic E-state index is 0.272. The van der Waals surface area contributed by atoms with Crippen LogP contribution in [0, 0.1) is 0 Å². The lowest BCUT2D eigenvalue weighted by molar-refractivity contribution is -0.151. The number of esters is 1. The van der Waals surface area contributed by atoms with E-state index in [2.05, 4.69) is 31.2 Å². The van der Waals surface area contributed by atoms with Crippen LogP contribution in [0.4, 0.5) is 0 Å². The molecule has 1 fully saturated rings. The molecular formula is C24H40O7P+. The van der Waals surface area contributed by atoms with Crippen LogP contribution in [0.1, 0.15) is 84.0 Å². The fraction of sp³-hybridized carbons (Fsp3) is 0.750. The van der Waals surface area contributed by atoms with Crippen LogP contribution in [0.2, 0.25) is 0 Å². The Morgan fingerprint density at radius 2 is 1.56 bits per heavy atom. The maximum Gasteiger partial charge on any atom is 0.509 e. The summed E-state index contributed by atoms with van der Waals surface area (Å²) in [4.78, 5) is 23.7. The summed E-state index contributed by atoms with van der Waals surface area (Å²) in [7, 11) is -2.16. The van der Waals surface area contributed by atoms with Crippen molar-refractivity contribution in [3.05, 3.63) is 24.3 Å². The second-order valence-corrected chi connectivity index (χ2v) is 9.46. The molecular weight excluding hydrogens is 431 g/mol. The van der Waals surface area contributed by atoms with Gasteiger partial charge in [-0.3, -0.25) is 4.79 Å². The van der Waals surface area contributed by atoms with E-state index in [-0.39, 0.29) is 6.16 Å². The SMILES string of the molecule is CCCCCC=CCC=CCCCCCCCC[P+](=O)OC1C(=O)O[C@H]([C@@H](O)CO)C1=O. The molecule has 1 saturated heterocycles. The summed E-state index contributed by atoms with van der Waals surface area (Å²) in [6.07, 6.45) is 18.0. The van der Waals surface area contributed by atoms with Crippen molar-refractivity contribution >= 4 is 19.8 Å². The average Bonchev–Trinajstić information content (AvgIpc) is 3.06. The normalized spacial score (nSPS) is 20.4. The second-order valence-electron chi connectivity index (χ2n) is 8.14. The molecule has 0 aromatic heterocycles. The molecule has 0 aromatic rings. The Hall–Kier alpha value is -1.40. The number of unbranched alkanes of at least 4 members (excludes halogenated alkanes) is 9. The van der Waals surface area contributed by atoms with Crippen LogP contribution in [0.15, 0.2) is 24.3 Å². The average molecular weight is 472 g/mol. The molecule has 7 nitrogen and oxygen atoms in total. The minimum atomic E-state index is -2.16. The largest absolute Gasteiger partial charge is 0.509 e. The molecule has 0 saturated carbocycles. The van der Waals surface area contributed by atoms with Gasteiger partial charge >= 0.3 is 14.0 Å². The molecule has 1 aliphatic heterocycles. The lowest BCUT2D eigenvalue weighted by Gasteiger charge is -2.11. The number of allylic oxidation sites excluding steroid dienone is 4. The van der Waals surface area contributed by atoms with E-state index in [1.807, 2.05) is 0 Å². The Bertz CT molecular complexity index is 617. The van der Waals surface area contributed by atoms with E-state index in [1.54, 1.807) is 0 Å². The molecule has 2 unspecified atom stereocenters. The monoisotopic (exact) mass is 471 g/mol. The number of cyclic esters (lactones) is 1. The number of hydrogen-bond donors (Lipinski definition) is 2. The molecule has 1 rings (SSSR count). The highest BCUT2D eigenvalue weighted by Gasteiger charge is 2.51. The first kappa shape index (κ1) is 28.6. The van der Waals surface area contributed by atoms with Gasteiger partial charge in [0.05, 0.1) is 6.61 Å². The van der Waals surface area contributed by atoms with Gasteiger partial charge in [-0.05, 0) is 49.5 Å². The van der Waals surface area contributed by atoms with Gasteiger partial charge in [-0.15, -0.1) is 4.52 Å². The zero-order chi connectivity index (χ0) is 23.6. The van der Waals surface area contributed by atoms with Gasteiger partial charge in [-0.25, -0.2) is 4.79 Å². The van der Waals surface area contributed by atoms with Gasteiger partial charge in [0.1, 0.15) is 6.10 Å². The Balaban J connectivity index is 2.00. The van der Waals surface area contributed by atoms with E-state index in [1.165, 1.54) is 32.1 Å². The third kappa shape index (κ3) is 12.0. The van der Waals surface area contributed by atoms with Crippen LogP contribution in [-0.2, 0) is 23.4 Å². The van der Waals surface area contributed by atoms with Crippen LogP contribution in [0.3, 0.4) is 0 Å². The third-order valence-corrected chi connectivity index (χ3v) is 6.42. The molecule has 182 valence electrons. The second kappa shape index (κ2) is 18.1. The fourth-order valence-electron chi connectivity index (χ4n) is 3.37. The molecule has 0 radical (unpaired) electrons. The summed E-state index contributed by atoms with van der Waals surface area (Å²) in [5.74, 6) is -1.76. The van der Waals surface area contributed by atoms with Gasteiger partial charge in [-0.2, -0.15) is 0 Å². The summed E-state index contributed by atoms with van der Waals surface area (Å²) >= 11 is 0. The Kier molecular flexibility index (Phi) is 16.2. The molecule has 1 aliphatic rings. The third-order valence-electron chi connectivity index (χ3n) is 5.30. The number of carbonyl (C=O) groups is 2. The van der Waals surface area contributed by atoms with Gasteiger partial charge in [0.2, 0.25) is 5.78 Å². The van der Waals surface area contributed by atoms with Crippen LogP contribution in [0.5, 0.6) is 0 Å². The lowest BCUT2D eigenvalue weighted by atomic mass is 10.1. The van der Waals surface area contributed by atoms with E-state index < -0.39 is 44.7 Å². The highest BCUT2D eigenvalue weighted by molar-refractivity contribution is 7.39. The molecule has 0 amide bonds. The van der Waals surface area contributed by atoms with Crippen molar-refractivity contribution in [1.82, 2.24) is 0 Å². The number of Topliss-reactive ketones (excluding diaryl/α,β-unsaturated/α-hetero) is 1. The Morgan fingerprint density at radius 1 is 0.969 bits per heavy atom. The molecule has 0 spiro atoms. The maximum absolute atomic E-state index is 12.0. The number of carbonyl (C=O) groups excluding carboxylic acids is 2. The number of ketones is 1. The van der Waals surface area contributed by atoms with E-state index >= 15 is 0 Å². The fourth-order valence-corrected chi connectivity index (χ4v) is 4.38. The first-order valence-corrected chi connectivity index (χ1v) is 13.3. The number of rotatable bonds is 19. The van der Waals surface area contributed by atoms with Gasteiger partial charge in [0.15, 0.2) is 12.3 Å². The van der Waals surface area contributed by atoms with E-state index in [0.717, 1.165) is 38.5 Å². The van der Waals surface area contributed by atoms with Crippen molar-refractivity contribution in [2.24, 2.45) is 0 Å². The van der Waals surface area contributed by atoms with E-state index in [0.29, 0.717) is 6.42 Å². The van der Waals surface area contributed by atoms with Crippen molar-refractivity contribution in [3.63, 3.8) is 0 Å². The summed E-state index contributed by atoms with van der Waals surface area (Å²) in [5, 5.41) is 18.4. The van der Waals surface area contributed by atoms with Gasteiger partial charge in [0, 0.05) is 0 Å². The van der Waals surface area contributed by atoms with Crippen molar-refractivity contribution < 1.29 is 33.6 Å². The van der Waals surface area contributed by atoms with Crippen LogP contribution in [0.25, 0.3) is 0 Å². The predicted octanol–water partition coefficient (Wildman–Crippen LogP) is 4.78. The first-order chi connectivity index (χ1) is 15.5. The molecule has 4 atom stereocenters. The van der Waals surface area contributed by atoms with Gasteiger partial charge < -0.3 is 14.9 Å². The van der Waals surface area contributed by atoms with Gasteiger partial charge in [0.25, 0.3) is 6.10 Å². The molecule has 8 heteroatoms. The lowest BCUT2D eigenvalue weighted by Crippen LogP contribution is -2.37. The zero-order valence-electron chi connectivity index (χ0n) is 19.3. The van der Waals surface area contributed by atoms with E-state index in [4.69, 9.17) is 14.4 Å². The highest BCUT2D eigenvalue weighted by atomic mass is 31.1. The summed E-state index contributed by atoms with van der Waals surface area (Å²) in [6, 6.07) is 0. The number of aliphatic hydroxyl groups excluding tert-OH is 2. The predicted molar refractivity (Wildman–Crippen MR) is 125 cm³/mol. The maximum atomic E-state index is 12.0. The number of hydrogen-bond acceptors (Lipinski definition) is 7.